The second-order valence-corrected chi connectivity index (χ2v) is 5.68. The molecule has 0 aromatic carbocycles. The predicted molar refractivity (Wildman–Crippen MR) is 63.6 cm³/mol. The van der Waals surface area contributed by atoms with Gasteiger partial charge in [0.1, 0.15) is 0 Å². The quantitative estimate of drug-likeness (QED) is 0.781. The molecule has 0 radical (unpaired) electrons. The third-order valence-electron chi connectivity index (χ3n) is 3.25. The Morgan fingerprint density at radius 1 is 1.60 bits per heavy atom. The van der Waals surface area contributed by atoms with E-state index in [4.69, 9.17) is 0 Å². The van der Waals surface area contributed by atoms with Crippen LogP contribution in [0.1, 0.15) is 35.0 Å². The van der Waals surface area contributed by atoms with Gasteiger partial charge in [0.15, 0.2) is 5.78 Å². The maximum absolute atomic E-state index is 12.4. The maximum atomic E-state index is 12.4. The Morgan fingerprint density at radius 3 is 2.93 bits per heavy atom. The van der Waals surface area contributed by atoms with E-state index in [9.17, 15) is 4.79 Å². The molecular weight excluding hydrogens is 206 g/mol. The van der Waals surface area contributed by atoms with Crippen molar-refractivity contribution in [2.45, 2.75) is 26.7 Å². The molecule has 2 rings (SSSR count). The predicted octanol–water partition coefficient (Wildman–Crippen LogP) is 2.63. The van der Waals surface area contributed by atoms with Gasteiger partial charge >= 0.3 is 0 Å². The minimum absolute atomic E-state index is 0.190. The number of Topliss-reactive ketones (excluding diaryl/α,β-unsaturated/α-hetero) is 1. The maximum Gasteiger partial charge on any atom is 0.171 e. The summed E-state index contributed by atoms with van der Waals surface area (Å²) < 4.78 is 0. The van der Waals surface area contributed by atoms with E-state index in [-0.39, 0.29) is 5.41 Å². The molecule has 1 aliphatic heterocycles. The summed E-state index contributed by atoms with van der Waals surface area (Å²) in [6, 6.07) is 1.96. The molecule has 1 saturated heterocycles. The molecule has 1 aromatic heterocycles. The summed E-state index contributed by atoms with van der Waals surface area (Å²) in [5.74, 6) is 0.313. The Hall–Kier alpha value is -0.670. The summed E-state index contributed by atoms with van der Waals surface area (Å²) in [6.45, 7) is 5.97. The molecule has 0 bridgehead atoms. The number of piperidine rings is 1. The van der Waals surface area contributed by atoms with Crippen molar-refractivity contribution < 1.29 is 4.79 Å². The molecule has 1 atom stereocenters. The van der Waals surface area contributed by atoms with Crippen LogP contribution in [0.2, 0.25) is 0 Å². The highest BCUT2D eigenvalue weighted by Crippen LogP contribution is 2.32. The zero-order valence-corrected chi connectivity index (χ0v) is 10.1. The van der Waals surface area contributed by atoms with Gasteiger partial charge in [-0.3, -0.25) is 4.79 Å². The summed E-state index contributed by atoms with van der Waals surface area (Å²) in [5, 5.41) is 5.32. The summed E-state index contributed by atoms with van der Waals surface area (Å²) in [6.07, 6.45) is 2.11. The van der Waals surface area contributed by atoms with Gasteiger partial charge in [-0.05, 0) is 37.8 Å². The molecule has 2 heterocycles. The smallest absolute Gasteiger partial charge is 0.171 e. The molecular formula is C12H17NOS. The van der Waals surface area contributed by atoms with Crippen LogP contribution in [-0.2, 0) is 0 Å². The Kier molecular flexibility index (Phi) is 2.94. The number of hydrogen-bond donors (Lipinski definition) is 1. The minimum Gasteiger partial charge on any atom is -0.316 e. The van der Waals surface area contributed by atoms with E-state index in [0.29, 0.717) is 5.78 Å². The largest absolute Gasteiger partial charge is 0.316 e. The zero-order valence-electron chi connectivity index (χ0n) is 9.30. The van der Waals surface area contributed by atoms with Crippen LogP contribution in [0.25, 0.3) is 0 Å². The van der Waals surface area contributed by atoms with Crippen LogP contribution in [0.15, 0.2) is 11.4 Å². The summed E-state index contributed by atoms with van der Waals surface area (Å²) >= 11 is 1.65. The lowest BCUT2D eigenvalue weighted by molar-refractivity contribution is 0.0773. The van der Waals surface area contributed by atoms with Crippen LogP contribution >= 0.6 is 11.3 Å². The van der Waals surface area contributed by atoms with Crippen molar-refractivity contribution in [2.24, 2.45) is 5.41 Å². The number of hydrogen-bond acceptors (Lipinski definition) is 3. The van der Waals surface area contributed by atoms with Gasteiger partial charge in [0.25, 0.3) is 0 Å². The van der Waals surface area contributed by atoms with Crippen molar-refractivity contribution in [2.75, 3.05) is 13.1 Å². The monoisotopic (exact) mass is 223 g/mol. The number of rotatable bonds is 2. The van der Waals surface area contributed by atoms with E-state index in [1.165, 1.54) is 0 Å². The fraction of sp³-hybridized carbons (Fsp3) is 0.583. The number of ketones is 1. The van der Waals surface area contributed by atoms with Gasteiger partial charge in [0.2, 0.25) is 0 Å². The van der Waals surface area contributed by atoms with Crippen LogP contribution in [0.4, 0.5) is 0 Å². The van der Waals surface area contributed by atoms with E-state index in [1.807, 2.05) is 18.4 Å². The molecule has 0 spiro atoms. The standard InChI is InChI=1S/C12H17NOS/c1-9-10(4-7-15-9)11(14)12(2)5-3-6-13-8-12/h4,7,13H,3,5-6,8H2,1-2H3. The molecule has 1 aliphatic rings. The third kappa shape index (κ3) is 1.99. The second-order valence-electron chi connectivity index (χ2n) is 4.56. The number of thiophene rings is 1. The SMILES string of the molecule is Cc1sccc1C(=O)C1(C)CCCNC1. The molecule has 1 N–H and O–H groups in total. The van der Waals surface area contributed by atoms with Gasteiger partial charge in [-0.2, -0.15) is 0 Å². The Morgan fingerprint density at radius 2 is 2.40 bits per heavy atom. The molecule has 1 fully saturated rings. The highest BCUT2D eigenvalue weighted by atomic mass is 32.1. The third-order valence-corrected chi connectivity index (χ3v) is 4.09. The molecule has 0 saturated carbocycles. The van der Waals surface area contributed by atoms with Crippen molar-refractivity contribution in [1.82, 2.24) is 5.32 Å². The number of carbonyl (C=O) groups is 1. The normalized spacial score (nSPS) is 26.5. The van der Waals surface area contributed by atoms with Crippen molar-refractivity contribution in [3.05, 3.63) is 21.9 Å². The summed E-state index contributed by atoms with van der Waals surface area (Å²) in [5.41, 5.74) is 0.732. The van der Waals surface area contributed by atoms with Crippen LogP contribution in [-0.4, -0.2) is 18.9 Å². The van der Waals surface area contributed by atoms with Crippen molar-refractivity contribution in [3.63, 3.8) is 0 Å². The van der Waals surface area contributed by atoms with Gasteiger partial charge in [0.05, 0.1) is 0 Å². The zero-order chi connectivity index (χ0) is 10.9. The number of nitrogens with one attached hydrogen (secondary N) is 1. The highest BCUT2D eigenvalue weighted by molar-refractivity contribution is 7.10. The first-order chi connectivity index (χ1) is 7.13. The molecule has 0 amide bonds. The first kappa shape index (κ1) is 10.8. The lowest BCUT2D eigenvalue weighted by Crippen LogP contribution is -2.43. The average Bonchev–Trinajstić information content (AvgIpc) is 2.64. The van der Waals surface area contributed by atoms with Crippen molar-refractivity contribution in [1.29, 1.82) is 0 Å². The molecule has 1 unspecified atom stereocenters. The number of carbonyl (C=O) groups excluding carboxylic acids is 1. The molecule has 82 valence electrons. The number of aryl methyl sites for hydroxylation is 1. The van der Waals surface area contributed by atoms with E-state index in [1.54, 1.807) is 11.3 Å². The Labute approximate surface area is 94.7 Å². The summed E-state index contributed by atoms with van der Waals surface area (Å²) in [4.78, 5) is 13.5. The van der Waals surface area contributed by atoms with Crippen molar-refractivity contribution in [3.8, 4) is 0 Å². The van der Waals surface area contributed by atoms with E-state index >= 15 is 0 Å². The van der Waals surface area contributed by atoms with Crippen LogP contribution in [0.5, 0.6) is 0 Å². The molecule has 1 aromatic rings. The molecule has 3 heteroatoms. The topological polar surface area (TPSA) is 29.1 Å². The second kappa shape index (κ2) is 4.06. The van der Waals surface area contributed by atoms with Crippen LogP contribution < -0.4 is 5.32 Å². The van der Waals surface area contributed by atoms with E-state index < -0.39 is 0 Å². The Bertz CT molecular complexity index is 363. The van der Waals surface area contributed by atoms with E-state index in [2.05, 4.69) is 12.2 Å². The minimum atomic E-state index is -0.190. The van der Waals surface area contributed by atoms with E-state index in [0.717, 1.165) is 36.4 Å². The fourth-order valence-electron chi connectivity index (χ4n) is 2.20. The Balaban J connectivity index is 2.23. The summed E-state index contributed by atoms with van der Waals surface area (Å²) in [7, 11) is 0. The van der Waals surface area contributed by atoms with Gasteiger partial charge < -0.3 is 5.32 Å². The molecule has 15 heavy (non-hydrogen) atoms. The average molecular weight is 223 g/mol. The van der Waals surface area contributed by atoms with Gasteiger partial charge in [-0.15, -0.1) is 11.3 Å². The fourth-order valence-corrected chi connectivity index (χ4v) is 2.89. The lowest BCUT2D eigenvalue weighted by atomic mass is 9.76. The van der Waals surface area contributed by atoms with Crippen LogP contribution in [0.3, 0.4) is 0 Å². The first-order valence-corrected chi connectivity index (χ1v) is 6.31. The van der Waals surface area contributed by atoms with Crippen LogP contribution in [0, 0.1) is 12.3 Å². The van der Waals surface area contributed by atoms with Gasteiger partial charge in [-0.1, -0.05) is 6.92 Å². The first-order valence-electron chi connectivity index (χ1n) is 5.43. The van der Waals surface area contributed by atoms with Gasteiger partial charge in [-0.25, -0.2) is 0 Å². The molecule has 0 aliphatic carbocycles. The lowest BCUT2D eigenvalue weighted by Gasteiger charge is -2.32. The highest BCUT2D eigenvalue weighted by Gasteiger charge is 2.35. The van der Waals surface area contributed by atoms with Crippen molar-refractivity contribution >= 4 is 17.1 Å². The molecule has 2 nitrogen and oxygen atoms in total. The van der Waals surface area contributed by atoms with Gasteiger partial charge in [0, 0.05) is 22.4 Å².